The molecule has 4 nitrogen and oxygen atoms in total. The monoisotopic (exact) mass is 346 g/mol. The van der Waals surface area contributed by atoms with E-state index < -0.39 is 6.61 Å². The molecule has 0 spiro atoms. The van der Waals surface area contributed by atoms with Crippen LogP contribution in [0.3, 0.4) is 0 Å². The summed E-state index contributed by atoms with van der Waals surface area (Å²) in [6.07, 6.45) is 4.16. The summed E-state index contributed by atoms with van der Waals surface area (Å²) in [6.45, 7) is -1.30. The number of benzene rings is 1. The van der Waals surface area contributed by atoms with Crippen molar-refractivity contribution in [1.82, 2.24) is 5.32 Å². The zero-order valence-electron chi connectivity index (χ0n) is 12.7. The third-order valence-electron chi connectivity index (χ3n) is 4.81. The third kappa shape index (κ3) is 3.75. The van der Waals surface area contributed by atoms with Crippen molar-refractivity contribution < 1.29 is 18.3 Å². The molecule has 2 aliphatic rings. The summed E-state index contributed by atoms with van der Waals surface area (Å²) in [4.78, 5) is 12.8. The van der Waals surface area contributed by atoms with Crippen LogP contribution in [0.5, 0.6) is 5.75 Å². The molecule has 2 fully saturated rings. The topological polar surface area (TPSA) is 50.4 Å². The van der Waals surface area contributed by atoms with Gasteiger partial charge in [0.05, 0.1) is 5.41 Å². The van der Waals surface area contributed by atoms with Gasteiger partial charge >= 0.3 is 6.61 Å². The van der Waals surface area contributed by atoms with E-state index in [1.807, 2.05) is 0 Å². The average Bonchev–Trinajstić information content (AvgIpc) is 2.92. The fourth-order valence-corrected chi connectivity index (χ4v) is 3.70. The SMILES string of the molecule is Cl.O=C(Nc1cccc(OC(F)F)c1)[C@@]12CCCC[C@H]1CNC2. The second-order valence-electron chi connectivity index (χ2n) is 6.09. The molecule has 1 saturated heterocycles. The van der Waals surface area contributed by atoms with Crippen molar-refractivity contribution in [2.45, 2.75) is 32.3 Å². The Bertz CT molecular complexity index is 559. The van der Waals surface area contributed by atoms with Gasteiger partial charge in [-0.2, -0.15) is 8.78 Å². The van der Waals surface area contributed by atoms with Crippen LogP contribution in [0.25, 0.3) is 0 Å². The highest BCUT2D eigenvalue weighted by molar-refractivity contribution is 5.96. The summed E-state index contributed by atoms with van der Waals surface area (Å²) in [5, 5.41) is 6.21. The Morgan fingerprint density at radius 1 is 1.39 bits per heavy atom. The van der Waals surface area contributed by atoms with Crippen LogP contribution < -0.4 is 15.4 Å². The van der Waals surface area contributed by atoms with Crippen LogP contribution >= 0.6 is 12.4 Å². The summed E-state index contributed by atoms with van der Waals surface area (Å²) in [5.41, 5.74) is 0.131. The Balaban J connectivity index is 0.00000192. The van der Waals surface area contributed by atoms with Gasteiger partial charge in [-0.05, 0) is 37.4 Å². The van der Waals surface area contributed by atoms with Gasteiger partial charge in [-0.1, -0.05) is 18.9 Å². The molecule has 1 aliphatic heterocycles. The second-order valence-corrected chi connectivity index (χ2v) is 6.09. The Morgan fingerprint density at radius 3 is 3.00 bits per heavy atom. The lowest BCUT2D eigenvalue weighted by atomic mass is 9.67. The number of hydrogen-bond acceptors (Lipinski definition) is 3. The maximum Gasteiger partial charge on any atom is 0.387 e. The van der Waals surface area contributed by atoms with E-state index in [1.165, 1.54) is 18.6 Å². The highest BCUT2D eigenvalue weighted by Crippen LogP contribution is 2.44. The first kappa shape index (κ1) is 17.9. The molecular formula is C16H21ClF2N2O2. The minimum Gasteiger partial charge on any atom is -0.435 e. The fraction of sp³-hybridized carbons (Fsp3) is 0.562. The Morgan fingerprint density at radius 2 is 2.22 bits per heavy atom. The Hall–Kier alpha value is -1.40. The number of ether oxygens (including phenoxy) is 1. The number of carbonyl (C=O) groups is 1. The Kier molecular flexibility index (Phi) is 5.81. The van der Waals surface area contributed by atoms with Crippen molar-refractivity contribution in [3.8, 4) is 5.75 Å². The lowest BCUT2D eigenvalue weighted by Gasteiger charge is -2.37. The molecule has 3 rings (SSSR count). The first-order valence-electron chi connectivity index (χ1n) is 7.67. The number of rotatable bonds is 4. The molecule has 1 amide bonds. The molecule has 1 aromatic carbocycles. The summed E-state index contributed by atoms with van der Waals surface area (Å²) >= 11 is 0. The van der Waals surface area contributed by atoms with Crippen molar-refractivity contribution in [3.63, 3.8) is 0 Å². The van der Waals surface area contributed by atoms with E-state index in [0.717, 1.165) is 25.8 Å². The van der Waals surface area contributed by atoms with Crippen molar-refractivity contribution in [2.24, 2.45) is 11.3 Å². The normalized spacial score (nSPS) is 26.3. The van der Waals surface area contributed by atoms with E-state index in [2.05, 4.69) is 15.4 Å². The van der Waals surface area contributed by atoms with Crippen molar-refractivity contribution >= 4 is 24.0 Å². The van der Waals surface area contributed by atoms with Gasteiger partial charge in [-0.25, -0.2) is 0 Å². The minimum absolute atomic E-state index is 0. The van der Waals surface area contributed by atoms with Gasteiger partial charge in [-0.3, -0.25) is 4.79 Å². The Labute approximate surface area is 140 Å². The van der Waals surface area contributed by atoms with E-state index in [0.29, 0.717) is 18.2 Å². The number of anilines is 1. The predicted octanol–water partition coefficient (Wildman–Crippen LogP) is 3.43. The van der Waals surface area contributed by atoms with Gasteiger partial charge in [0.1, 0.15) is 5.75 Å². The van der Waals surface area contributed by atoms with E-state index in [4.69, 9.17) is 0 Å². The van der Waals surface area contributed by atoms with Crippen LogP contribution in [0.1, 0.15) is 25.7 Å². The van der Waals surface area contributed by atoms with E-state index in [-0.39, 0.29) is 29.5 Å². The molecule has 1 heterocycles. The standard InChI is InChI=1S/C16H20F2N2O2.ClH/c17-15(18)22-13-6-3-5-12(8-13)20-14(21)16-7-2-1-4-11(16)9-19-10-16;/h3,5-6,8,11,15,19H,1-2,4,7,9-10H2,(H,20,21);1H/t11-,16+;/m0./s1. The van der Waals surface area contributed by atoms with Gasteiger partial charge in [0.15, 0.2) is 0 Å². The number of halogens is 3. The first-order valence-corrected chi connectivity index (χ1v) is 7.67. The van der Waals surface area contributed by atoms with E-state index in [1.54, 1.807) is 12.1 Å². The average molecular weight is 347 g/mol. The third-order valence-corrected chi connectivity index (χ3v) is 4.81. The van der Waals surface area contributed by atoms with Crippen LogP contribution in [0.15, 0.2) is 24.3 Å². The summed E-state index contributed by atoms with van der Waals surface area (Å²) in [5.74, 6) is 0.396. The lowest BCUT2D eigenvalue weighted by molar-refractivity contribution is -0.128. The number of alkyl halides is 2. The highest BCUT2D eigenvalue weighted by Gasteiger charge is 2.49. The molecule has 1 aliphatic carbocycles. The zero-order chi connectivity index (χ0) is 15.6. The smallest absolute Gasteiger partial charge is 0.387 e. The fourth-order valence-electron chi connectivity index (χ4n) is 3.70. The van der Waals surface area contributed by atoms with E-state index in [9.17, 15) is 13.6 Å². The minimum atomic E-state index is -2.87. The van der Waals surface area contributed by atoms with Gasteiger partial charge in [0.25, 0.3) is 0 Å². The van der Waals surface area contributed by atoms with Gasteiger partial charge in [-0.15, -0.1) is 12.4 Å². The molecule has 1 aromatic rings. The summed E-state index contributed by atoms with van der Waals surface area (Å²) in [7, 11) is 0. The molecule has 2 atom stereocenters. The molecule has 1 saturated carbocycles. The lowest BCUT2D eigenvalue weighted by Crippen LogP contribution is -2.44. The number of hydrogen-bond donors (Lipinski definition) is 2. The second kappa shape index (κ2) is 7.45. The highest BCUT2D eigenvalue weighted by atomic mass is 35.5. The molecule has 128 valence electrons. The van der Waals surface area contributed by atoms with Crippen LogP contribution in [-0.2, 0) is 4.79 Å². The molecular weight excluding hydrogens is 326 g/mol. The van der Waals surface area contributed by atoms with Gasteiger partial charge in [0, 0.05) is 18.3 Å². The summed E-state index contributed by atoms with van der Waals surface area (Å²) < 4.78 is 28.9. The summed E-state index contributed by atoms with van der Waals surface area (Å²) in [6, 6.07) is 6.16. The maximum absolute atomic E-state index is 12.8. The molecule has 0 bridgehead atoms. The van der Waals surface area contributed by atoms with Crippen LogP contribution in [0.2, 0.25) is 0 Å². The van der Waals surface area contributed by atoms with Crippen molar-refractivity contribution in [3.05, 3.63) is 24.3 Å². The predicted molar refractivity (Wildman–Crippen MR) is 86.2 cm³/mol. The number of carbonyl (C=O) groups excluding carboxylic acids is 1. The molecule has 0 radical (unpaired) electrons. The van der Waals surface area contributed by atoms with Crippen LogP contribution in [0, 0.1) is 11.3 Å². The van der Waals surface area contributed by atoms with Crippen molar-refractivity contribution in [2.75, 3.05) is 18.4 Å². The molecule has 2 N–H and O–H groups in total. The van der Waals surface area contributed by atoms with Gasteiger partial charge < -0.3 is 15.4 Å². The molecule has 0 unspecified atom stereocenters. The molecule has 0 aromatic heterocycles. The van der Waals surface area contributed by atoms with Crippen molar-refractivity contribution in [1.29, 1.82) is 0 Å². The maximum atomic E-state index is 12.8. The van der Waals surface area contributed by atoms with Crippen LogP contribution in [-0.4, -0.2) is 25.6 Å². The molecule has 23 heavy (non-hydrogen) atoms. The van der Waals surface area contributed by atoms with E-state index >= 15 is 0 Å². The zero-order valence-corrected chi connectivity index (χ0v) is 13.5. The van der Waals surface area contributed by atoms with Gasteiger partial charge in [0.2, 0.25) is 5.91 Å². The quantitative estimate of drug-likeness (QED) is 0.878. The largest absolute Gasteiger partial charge is 0.435 e. The number of fused-ring (bicyclic) bond motifs is 1. The number of nitrogens with one attached hydrogen (secondary N) is 2. The van der Waals surface area contributed by atoms with Crippen LogP contribution in [0.4, 0.5) is 14.5 Å². The number of amides is 1. The molecule has 7 heteroatoms. The first-order chi connectivity index (χ1) is 10.6.